The monoisotopic (exact) mass is 659 g/mol. The Morgan fingerprint density at radius 1 is 0.392 bits per heavy atom. The van der Waals surface area contributed by atoms with Crippen molar-refractivity contribution in [3.05, 3.63) is 151 Å². The molecule has 0 bridgehead atoms. The van der Waals surface area contributed by atoms with Gasteiger partial charge in [0.2, 0.25) is 11.8 Å². The molecule has 1 aliphatic carbocycles. The van der Waals surface area contributed by atoms with Crippen molar-refractivity contribution in [1.82, 2.24) is 24.9 Å². The van der Waals surface area contributed by atoms with Gasteiger partial charge in [-0.2, -0.15) is 0 Å². The zero-order chi connectivity index (χ0) is 34.1. The molecular formula is C44H29N5O2. The fourth-order valence-corrected chi connectivity index (χ4v) is 7.21. The van der Waals surface area contributed by atoms with Crippen LogP contribution < -0.4 is 0 Å². The van der Waals surface area contributed by atoms with Gasteiger partial charge in [-0.3, -0.25) is 0 Å². The molecular weight excluding hydrogens is 631 g/mol. The molecule has 0 atom stereocenters. The van der Waals surface area contributed by atoms with Crippen molar-refractivity contribution in [2.75, 3.05) is 0 Å². The van der Waals surface area contributed by atoms with E-state index in [-0.39, 0.29) is 5.41 Å². The maximum atomic E-state index is 6.04. The van der Waals surface area contributed by atoms with Crippen LogP contribution in [0.5, 0.6) is 0 Å². The molecule has 0 spiro atoms. The molecule has 0 fully saturated rings. The van der Waals surface area contributed by atoms with Crippen molar-refractivity contribution < 1.29 is 8.83 Å². The van der Waals surface area contributed by atoms with Crippen molar-refractivity contribution in [1.29, 1.82) is 0 Å². The first-order valence-corrected chi connectivity index (χ1v) is 16.9. The van der Waals surface area contributed by atoms with Crippen LogP contribution in [0.15, 0.2) is 148 Å². The van der Waals surface area contributed by atoms with Crippen LogP contribution in [0.3, 0.4) is 0 Å². The lowest BCUT2D eigenvalue weighted by Crippen LogP contribution is -2.14. The quantitative estimate of drug-likeness (QED) is 0.182. The van der Waals surface area contributed by atoms with Gasteiger partial charge in [0.05, 0.1) is 0 Å². The number of hydrogen-bond donors (Lipinski definition) is 0. The second-order valence-electron chi connectivity index (χ2n) is 13.3. The highest BCUT2D eigenvalue weighted by atomic mass is 16.4. The number of benzene rings is 6. The summed E-state index contributed by atoms with van der Waals surface area (Å²) < 4.78 is 12.1. The van der Waals surface area contributed by atoms with Gasteiger partial charge in [-0.1, -0.05) is 105 Å². The van der Waals surface area contributed by atoms with Crippen molar-refractivity contribution >= 4 is 22.2 Å². The average Bonchev–Trinajstić information content (AvgIpc) is 3.88. The average molecular weight is 660 g/mol. The van der Waals surface area contributed by atoms with E-state index in [1.807, 2.05) is 97.1 Å². The Morgan fingerprint density at radius 3 is 1.41 bits per heavy atom. The molecule has 10 rings (SSSR count). The van der Waals surface area contributed by atoms with Gasteiger partial charge in [0.1, 0.15) is 11.0 Å². The lowest BCUT2D eigenvalue weighted by atomic mass is 9.82. The molecule has 0 amide bonds. The minimum Gasteiger partial charge on any atom is -0.436 e. The first-order valence-electron chi connectivity index (χ1n) is 16.9. The van der Waals surface area contributed by atoms with Gasteiger partial charge in [-0.05, 0) is 70.8 Å². The van der Waals surface area contributed by atoms with Crippen LogP contribution in [-0.2, 0) is 5.41 Å². The van der Waals surface area contributed by atoms with Gasteiger partial charge in [0, 0.05) is 33.2 Å². The minimum absolute atomic E-state index is 0.151. The zero-order valence-corrected chi connectivity index (χ0v) is 27.8. The van der Waals surface area contributed by atoms with Crippen molar-refractivity contribution in [2.45, 2.75) is 19.3 Å². The summed E-state index contributed by atoms with van der Waals surface area (Å²) in [6.07, 6.45) is 0. The van der Waals surface area contributed by atoms with E-state index in [9.17, 15) is 0 Å². The summed E-state index contributed by atoms with van der Waals surface area (Å²) in [4.78, 5) is 24.7. The number of rotatable bonds is 5. The first-order chi connectivity index (χ1) is 25.0. The van der Waals surface area contributed by atoms with Gasteiger partial charge in [-0.25, -0.2) is 24.9 Å². The lowest BCUT2D eigenvalue weighted by Gasteiger charge is -2.21. The van der Waals surface area contributed by atoms with E-state index in [0.717, 1.165) is 50.0 Å². The number of fused-ring (bicyclic) bond motifs is 5. The summed E-state index contributed by atoms with van der Waals surface area (Å²) in [6.45, 7) is 4.56. The molecule has 1 aliphatic rings. The summed E-state index contributed by atoms with van der Waals surface area (Å²) in [5.41, 5.74) is 12.4. The molecule has 0 unspecified atom stereocenters. The molecule has 51 heavy (non-hydrogen) atoms. The molecule has 7 heteroatoms. The van der Waals surface area contributed by atoms with Crippen LogP contribution in [0, 0.1) is 0 Å². The molecule has 242 valence electrons. The number of oxazole rings is 2. The fourth-order valence-electron chi connectivity index (χ4n) is 7.21. The molecule has 7 nitrogen and oxygen atoms in total. The maximum absolute atomic E-state index is 6.04. The van der Waals surface area contributed by atoms with Gasteiger partial charge in [-0.15, -0.1) is 0 Å². The molecule has 0 saturated heterocycles. The van der Waals surface area contributed by atoms with Crippen LogP contribution >= 0.6 is 0 Å². The highest BCUT2D eigenvalue weighted by Crippen LogP contribution is 2.51. The van der Waals surface area contributed by atoms with Crippen LogP contribution in [-0.4, -0.2) is 24.9 Å². The summed E-state index contributed by atoms with van der Waals surface area (Å²) >= 11 is 0. The summed E-state index contributed by atoms with van der Waals surface area (Å²) in [6, 6.07) is 46.7. The van der Waals surface area contributed by atoms with E-state index in [2.05, 4.69) is 66.3 Å². The summed E-state index contributed by atoms with van der Waals surface area (Å²) in [7, 11) is 0. The molecule has 0 radical (unpaired) electrons. The predicted molar refractivity (Wildman–Crippen MR) is 200 cm³/mol. The molecule has 3 heterocycles. The predicted octanol–water partition coefficient (Wildman–Crippen LogP) is 10.8. The Balaban J connectivity index is 1.10. The summed E-state index contributed by atoms with van der Waals surface area (Å²) in [5.74, 6) is 2.90. The fraction of sp³-hybridized carbons (Fsp3) is 0.0682. The molecule has 3 aromatic heterocycles. The minimum atomic E-state index is -0.151. The molecule has 6 aromatic carbocycles. The van der Waals surface area contributed by atoms with Crippen LogP contribution in [0.2, 0.25) is 0 Å². The standard InChI is InChI=1S/C44H29N5O2/c1-44(2)32-12-4-3-10-30(32)38-31(11-9-13-33(38)44)41-48-39(26-18-22-28(23-19-26)42-45-34-14-5-7-16-36(34)50-42)47-40(49-41)27-20-24-29(25-21-27)43-46-35-15-6-8-17-37(35)51-43/h3-25H,1-2H3. The van der Waals surface area contributed by atoms with Gasteiger partial charge in [0.25, 0.3) is 0 Å². The number of hydrogen-bond acceptors (Lipinski definition) is 7. The van der Waals surface area contributed by atoms with E-state index in [4.69, 9.17) is 23.8 Å². The second kappa shape index (κ2) is 11.1. The van der Waals surface area contributed by atoms with Crippen LogP contribution in [0.1, 0.15) is 25.0 Å². The Kier molecular flexibility index (Phi) is 6.39. The number of aromatic nitrogens is 5. The largest absolute Gasteiger partial charge is 0.436 e. The Labute approximate surface area is 293 Å². The zero-order valence-electron chi connectivity index (χ0n) is 27.8. The Hall–Kier alpha value is -6.73. The van der Waals surface area contributed by atoms with Crippen LogP contribution in [0.25, 0.3) is 90.4 Å². The van der Waals surface area contributed by atoms with Gasteiger partial charge in [0.15, 0.2) is 28.6 Å². The number of para-hydroxylation sites is 4. The molecule has 0 aliphatic heterocycles. The third-order valence-corrected chi connectivity index (χ3v) is 9.85. The topological polar surface area (TPSA) is 90.7 Å². The molecule has 9 aromatic rings. The normalized spacial score (nSPS) is 13.1. The lowest BCUT2D eigenvalue weighted by molar-refractivity contribution is 0.619. The third-order valence-electron chi connectivity index (χ3n) is 9.85. The van der Waals surface area contributed by atoms with E-state index in [1.165, 1.54) is 22.3 Å². The van der Waals surface area contributed by atoms with Gasteiger partial charge < -0.3 is 8.83 Å². The maximum Gasteiger partial charge on any atom is 0.227 e. The highest BCUT2D eigenvalue weighted by molar-refractivity contribution is 5.91. The van der Waals surface area contributed by atoms with Crippen molar-refractivity contribution in [3.63, 3.8) is 0 Å². The van der Waals surface area contributed by atoms with Crippen molar-refractivity contribution in [3.8, 4) is 68.2 Å². The Morgan fingerprint density at radius 2 is 0.843 bits per heavy atom. The molecule has 0 N–H and O–H groups in total. The van der Waals surface area contributed by atoms with E-state index in [1.54, 1.807) is 0 Å². The van der Waals surface area contributed by atoms with E-state index in [0.29, 0.717) is 29.3 Å². The third kappa shape index (κ3) is 4.77. The SMILES string of the molecule is CC1(C)c2ccccc2-c2c(-c3nc(-c4ccc(-c5nc6ccccc6o5)cc4)nc(-c4ccc(-c5nc6ccccc6o5)cc4)n3)cccc21. The number of nitrogens with zero attached hydrogens (tertiary/aromatic N) is 5. The first kappa shape index (κ1) is 29.2. The Bertz CT molecular complexity index is 2580. The van der Waals surface area contributed by atoms with Gasteiger partial charge >= 0.3 is 0 Å². The highest BCUT2D eigenvalue weighted by Gasteiger charge is 2.37. The van der Waals surface area contributed by atoms with Crippen LogP contribution in [0.4, 0.5) is 0 Å². The smallest absolute Gasteiger partial charge is 0.227 e. The summed E-state index contributed by atoms with van der Waals surface area (Å²) in [5, 5.41) is 0. The van der Waals surface area contributed by atoms with Crippen molar-refractivity contribution in [2.24, 2.45) is 0 Å². The van der Waals surface area contributed by atoms with E-state index < -0.39 is 0 Å². The molecule has 0 saturated carbocycles. The second-order valence-corrected chi connectivity index (χ2v) is 13.3. The van der Waals surface area contributed by atoms with E-state index >= 15 is 0 Å².